The Hall–Kier alpha value is -2.64. The minimum atomic E-state index is -1.14. The number of ether oxygens (including phenoxy) is 1. The first-order valence-electron chi connectivity index (χ1n) is 5.22. The van der Waals surface area contributed by atoms with Crippen molar-refractivity contribution >= 4 is 23.3 Å². The first-order valence-corrected chi connectivity index (χ1v) is 5.22. The Balaban J connectivity index is 3.10. The summed E-state index contributed by atoms with van der Waals surface area (Å²) in [6, 6.07) is 4.39. The molecule has 0 aliphatic heterocycles. The van der Waals surface area contributed by atoms with Crippen molar-refractivity contribution in [1.29, 1.82) is 5.53 Å². The van der Waals surface area contributed by atoms with Crippen LogP contribution in [0.5, 0.6) is 5.75 Å². The molecule has 0 saturated heterocycles. The highest BCUT2D eigenvalue weighted by molar-refractivity contribution is 5.80. The molecule has 1 rings (SSSR count). The van der Waals surface area contributed by atoms with Crippen LogP contribution in [0.1, 0.15) is 0 Å². The van der Waals surface area contributed by atoms with Gasteiger partial charge in [0.2, 0.25) is 0 Å². The Labute approximate surface area is 108 Å². The van der Waals surface area contributed by atoms with Gasteiger partial charge in [-0.25, -0.2) is 5.53 Å². The number of nitrogens with one attached hydrogen (secondary N) is 1. The second kappa shape index (κ2) is 6.34. The Bertz CT molecular complexity index is 487. The lowest BCUT2D eigenvalue weighted by molar-refractivity contribution is -0.136. The average Bonchev–Trinajstić information content (AvgIpc) is 2.36. The lowest BCUT2D eigenvalue weighted by Crippen LogP contribution is -2.34. The summed E-state index contributed by atoms with van der Waals surface area (Å²) >= 11 is 0. The van der Waals surface area contributed by atoms with E-state index in [0.717, 1.165) is 0 Å². The zero-order chi connectivity index (χ0) is 14.4. The molecule has 1 aromatic carbocycles. The number of carbonyl (C=O) groups is 2. The Kier molecular flexibility index (Phi) is 4.81. The standard InChI is InChI=1S/C11H13N3O5/c1-19-9-4-7(2-3-8(9)13-12)14(5-10(15)16)6-11(17)18/h2-4,12H,5-6H2,1H3,(H,15,16)(H,17,18). The molecule has 3 N–H and O–H groups in total. The van der Waals surface area contributed by atoms with Gasteiger partial charge in [0.25, 0.3) is 0 Å². The third-order valence-electron chi connectivity index (χ3n) is 2.30. The first-order chi connectivity index (χ1) is 8.97. The maximum Gasteiger partial charge on any atom is 0.323 e. The van der Waals surface area contributed by atoms with E-state index >= 15 is 0 Å². The smallest absolute Gasteiger partial charge is 0.323 e. The predicted octanol–water partition coefficient (Wildman–Crippen LogP) is 1.33. The Morgan fingerprint density at radius 3 is 2.32 bits per heavy atom. The van der Waals surface area contributed by atoms with Gasteiger partial charge >= 0.3 is 11.9 Å². The van der Waals surface area contributed by atoms with Crippen LogP contribution in [-0.2, 0) is 9.59 Å². The van der Waals surface area contributed by atoms with Gasteiger partial charge in [0, 0.05) is 11.8 Å². The van der Waals surface area contributed by atoms with Gasteiger partial charge in [0.15, 0.2) is 0 Å². The summed E-state index contributed by atoms with van der Waals surface area (Å²) in [5, 5.41) is 20.8. The molecule has 0 radical (unpaired) electrons. The molecule has 102 valence electrons. The molecule has 0 aliphatic rings. The summed E-state index contributed by atoms with van der Waals surface area (Å²) in [6.45, 7) is -0.903. The monoisotopic (exact) mass is 267 g/mol. The molecule has 0 bridgehead atoms. The van der Waals surface area contributed by atoms with E-state index in [4.69, 9.17) is 20.5 Å². The van der Waals surface area contributed by atoms with Crippen molar-refractivity contribution in [3.63, 3.8) is 0 Å². The summed E-state index contributed by atoms with van der Waals surface area (Å²) < 4.78 is 5.00. The van der Waals surface area contributed by atoms with Crippen LogP contribution in [0, 0.1) is 5.53 Å². The second-order valence-corrected chi connectivity index (χ2v) is 3.61. The van der Waals surface area contributed by atoms with E-state index in [2.05, 4.69) is 5.11 Å². The van der Waals surface area contributed by atoms with Gasteiger partial charge in [0.05, 0.1) is 7.11 Å². The van der Waals surface area contributed by atoms with Gasteiger partial charge in [-0.05, 0) is 12.1 Å². The minimum absolute atomic E-state index is 0.272. The van der Waals surface area contributed by atoms with Gasteiger partial charge < -0.3 is 19.8 Å². The summed E-state index contributed by atoms with van der Waals surface area (Å²) in [6.07, 6.45) is 0. The van der Waals surface area contributed by atoms with Crippen molar-refractivity contribution in [3.05, 3.63) is 18.2 Å². The highest BCUT2D eigenvalue weighted by Crippen LogP contribution is 2.31. The van der Waals surface area contributed by atoms with Crippen LogP contribution in [0.15, 0.2) is 23.3 Å². The normalized spacial score (nSPS) is 9.74. The maximum atomic E-state index is 10.7. The summed E-state index contributed by atoms with van der Waals surface area (Å²) in [5.74, 6) is -2.02. The lowest BCUT2D eigenvalue weighted by Gasteiger charge is -2.21. The van der Waals surface area contributed by atoms with E-state index in [1.165, 1.54) is 30.2 Å². The van der Waals surface area contributed by atoms with Crippen LogP contribution >= 0.6 is 0 Å². The van der Waals surface area contributed by atoms with Crippen molar-refractivity contribution in [2.75, 3.05) is 25.1 Å². The molecule has 0 aliphatic carbocycles. The number of carboxylic acids is 2. The van der Waals surface area contributed by atoms with Crippen molar-refractivity contribution in [2.45, 2.75) is 0 Å². The fourth-order valence-electron chi connectivity index (χ4n) is 1.52. The van der Waals surface area contributed by atoms with Crippen molar-refractivity contribution in [1.82, 2.24) is 0 Å². The van der Waals surface area contributed by atoms with E-state index in [9.17, 15) is 9.59 Å². The molecule has 0 unspecified atom stereocenters. The molecular weight excluding hydrogens is 254 g/mol. The third-order valence-corrected chi connectivity index (χ3v) is 2.30. The van der Waals surface area contributed by atoms with Crippen molar-refractivity contribution in [3.8, 4) is 5.75 Å². The SMILES string of the molecule is COc1cc(N(CC(=O)O)CC(=O)O)ccc1N=N. The summed E-state index contributed by atoms with van der Waals surface area (Å²) in [5.41, 5.74) is 7.58. The zero-order valence-electron chi connectivity index (χ0n) is 10.2. The van der Waals surface area contributed by atoms with Crippen LogP contribution in [0.4, 0.5) is 11.4 Å². The van der Waals surface area contributed by atoms with Crippen molar-refractivity contribution < 1.29 is 24.5 Å². The van der Waals surface area contributed by atoms with Gasteiger partial charge in [-0.15, -0.1) is 0 Å². The maximum absolute atomic E-state index is 10.7. The number of nitrogens with zero attached hydrogens (tertiary/aromatic N) is 2. The fourth-order valence-corrected chi connectivity index (χ4v) is 1.52. The molecule has 0 atom stereocenters. The summed E-state index contributed by atoms with van der Waals surface area (Å²) in [4.78, 5) is 22.6. The lowest BCUT2D eigenvalue weighted by atomic mass is 10.2. The van der Waals surface area contributed by atoms with Gasteiger partial charge in [-0.3, -0.25) is 9.59 Å². The van der Waals surface area contributed by atoms with Crippen LogP contribution in [0.2, 0.25) is 0 Å². The number of aliphatic carboxylic acids is 2. The highest BCUT2D eigenvalue weighted by atomic mass is 16.5. The van der Waals surface area contributed by atoms with Gasteiger partial charge in [-0.1, -0.05) is 0 Å². The number of carboxylic acid groups (broad SMARTS) is 2. The highest BCUT2D eigenvalue weighted by Gasteiger charge is 2.16. The van der Waals surface area contributed by atoms with E-state index in [0.29, 0.717) is 5.69 Å². The molecule has 0 saturated carbocycles. The number of hydrogen-bond acceptors (Lipinski definition) is 6. The number of benzene rings is 1. The average molecular weight is 267 g/mol. The largest absolute Gasteiger partial charge is 0.494 e. The fraction of sp³-hybridized carbons (Fsp3) is 0.273. The van der Waals surface area contributed by atoms with E-state index < -0.39 is 25.0 Å². The molecule has 19 heavy (non-hydrogen) atoms. The Morgan fingerprint density at radius 1 is 1.32 bits per heavy atom. The number of methoxy groups -OCH3 is 1. The number of rotatable bonds is 7. The number of hydrogen-bond donors (Lipinski definition) is 3. The molecule has 0 aromatic heterocycles. The zero-order valence-corrected chi connectivity index (χ0v) is 10.2. The second-order valence-electron chi connectivity index (χ2n) is 3.61. The quantitative estimate of drug-likeness (QED) is 0.640. The van der Waals surface area contributed by atoms with E-state index in [1.54, 1.807) is 0 Å². The van der Waals surface area contributed by atoms with E-state index in [1.807, 2.05) is 0 Å². The summed E-state index contributed by atoms with van der Waals surface area (Å²) in [7, 11) is 1.38. The van der Waals surface area contributed by atoms with Gasteiger partial charge in [-0.2, -0.15) is 5.11 Å². The molecule has 0 fully saturated rings. The molecule has 0 amide bonds. The topological polar surface area (TPSA) is 123 Å². The molecule has 8 nitrogen and oxygen atoms in total. The molecule has 8 heteroatoms. The molecule has 0 spiro atoms. The first kappa shape index (κ1) is 14.4. The third kappa shape index (κ3) is 3.95. The van der Waals surface area contributed by atoms with Gasteiger partial charge in [0.1, 0.15) is 24.5 Å². The van der Waals surface area contributed by atoms with Crippen LogP contribution in [-0.4, -0.2) is 42.4 Å². The molecule has 0 heterocycles. The van der Waals surface area contributed by atoms with Crippen LogP contribution < -0.4 is 9.64 Å². The predicted molar refractivity (Wildman–Crippen MR) is 65.3 cm³/mol. The van der Waals surface area contributed by atoms with Crippen LogP contribution in [0.25, 0.3) is 0 Å². The molecular formula is C11H13N3O5. The number of anilines is 1. The minimum Gasteiger partial charge on any atom is -0.494 e. The Morgan fingerprint density at radius 2 is 1.89 bits per heavy atom. The van der Waals surface area contributed by atoms with Crippen LogP contribution in [0.3, 0.4) is 0 Å². The van der Waals surface area contributed by atoms with Crippen molar-refractivity contribution in [2.24, 2.45) is 5.11 Å². The molecule has 1 aromatic rings. The van der Waals surface area contributed by atoms with E-state index in [-0.39, 0.29) is 11.4 Å².